The number of aldehydes is 1. The molecule has 0 saturated heterocycles. The number of carbonyl (C=O) groups is 1. The molecule has 34 heavy (non-hydrogen) atoms. The van der Waals surface area contributed by atoms with Gasteiger partial charge in [0.1, 0.15) is 5.69 Å². The van der Waals surface area contributed by atoms with Crippen LogP contribution < -0.4 is 4.90 Å². The molecule has 0 saturated carbocycles. The number of aromatic nitrogens is 1. The van der Waals surface area contributed by atoms with Crippen LogP contribution in [0.3, 0.4) is 0 Å². The topological polar surface area (TPSA) is 46.3 Å². The van der Waals surface area contributed by atoms with E-state index in [0.717, 1.165) is 34.5 Å². The summed E-state index contributed by atoms with van der Waals surface area (Å²) in [5.74, 6) is 0.482. The summed E-state index contributed by atoms with van der Waals surface area (Å²) in [6, 6.07) is 34.5. The summed E-state index contributed by atoms with van der Waals surface area (Å²) in [7, 11) is 0. The number of hydrogen-bond acceptors (Lipinski definition) is 4. The molecule has 0 radical (unpaired) electrons. The van der Waals surface area contributed by atoms with E-state index in [9.17, 15) is 4.79 Å². The predicted molar refractivity (Wildman–Crippen MR) is 137 cm³/mol. The van der Waals surface area contributed by atoms with Gasteiger partial charge in [-0.15, -0.1) is 0 Å². The minimum Gasteiger partial charge on any atom is -0.355 e. The van der Waals surface area contributed by atoms with Crippen molar-refractivity contribution in [2.24, 2.45) is 0 Å². The van der Waals surface area contributed by atoms with Crippen molar-refractivity contribution in [3.05, 3.63) is 120 Å². The number of aryl methyl sites for hydroxylation is 2. The van der Waals surface area contributed by atoms with Crippen LogP contribution in [0.15, 0.2) is 108 Å². The van der Waals surface area contributed by atoms with E-state index >= 15 is 0 Å². The number of rotatable bonds is 6. The lowest BCUT2D eigenvalue weighted by atomic mass is 10.0. The Bertz CT molecular complexity index is 1360. The van der Waals surface area contributed by atoms with Gasteiger partial charge in [-0.2, -0.15) is 0 Å². The van der Waals surface area contributed by atoms with E-state index in [2.05, 4.69) is 72.4 Å². The van der Waals surface area contributed by atoms with Gasteiger partial charge in [-0.1, -0.05) is 83.0 Å². The zero-order chi connectivity index (χ0) is 23.5. The van der Waals surface area contributed by atoms with Gasteiger partial charge >= 0.3 is 0 Å². The highest BCUT2D eigenvalue weighted by Crippen LogP contribution is 2.37. The molecule has 1 heterocycles. The van der Waals surface area contributed by atoms with Gasteiger partial charge in [0, 0.05) is 28.2 Å². The molecule has 0 aliphatic heterocycles. The Balaban J connectivity index is 1.54. The molecule has 5 aromatic rings. The number of carbonyl (C=O) groups excluding carboxylic acids is 1. The fourth-order valence-electron chi connectivity index (χ4n) is 4.02. The maximum atomic E-state index is 11.9. The summed E-state index contributed by atoms with van der Waals surface area (Å²) in [6.07, 6.45) is 0.812. The average Bonchev–Trinajstić information content (AvgIpc) is 3.32. The molecule has 166 valence electrons. The van der Waals surface area contributed by atoms with Gasteiger partial charge in [-0.05, 0) is 50.2 Å². The normalized spacial score (nSPS) is 10.8. The molecule has 0 unspecified atom stereocenters. The third kappa shape index (κ3) is 4.14. The maximum absolute atomic E-state index is 11.9. The minimum atomic E-state index is 0.452. The van der Waals surface area contributed by atoms with Crippen LogP contribution >= 0.6 is 0 Å². The van der Waals surface area contributed by atoms with Crippen LogP contribution in [0, 0.1) is 13.8 Å². The predicted octanol–water partition coefficient (Wildman–Crippen LogP) is 7.91. The molecule has 0 fully saturated rings. The molecule has 4 aromatic carbocycles. The van der Waals surface area contributed by atoms with Crippen LogP contribution in [0.2, 0.25) is 0 Å². The van der Waals surface area contributed by atoms with Crippen molar-refractivity contribution in [3.8, 4) is 22.6 Å². The molecule has 1 aromatic heterocycles. The fourth-order valence-corrected chi connectivity index (χ4v) is 4.02. The Kier molecular flexibility index (Phi) is 5.79. The van der Waals surface area contributed by atoms with Crippen molar-refractivity contribution < 1.29 is 9.32 Å². The van der Waals surface area contributed by atoms with Gasteiger partial charge in [0.2, 0.25) is 0 Å². The van der Waals surface area contributed by atoms with Gasteiger partial charge in [0.25, 0.3) is 0 Å². The Hall–Kier alpha value is -4.44. The van der Waals surface area contributed by atoms with Gasteiger partial charge in [0.15, 0.2) is 12.0 Å². The Morgan fingerprint density at radius 3 is 1.65 bits per heavy atom. The third-order valence-corrected chi connectivity index (χ3v) is 5.87. The Morgan fingerprint density at radius 2 is 1.15 bits per heavy atom. The van der Waals surface area contributed by atoms with Crippen molar-refractivity contribution in [2.45, 2.75) is 13.8 Å². The van der Waals surface area contributed by atoms with Crippen molar-refractivity contribution in [3.63, 3.8) is 0 Å². The van der Waals surface area contributed by atoms with Gasteiger partial charge < -0.3 is 9.42 Å². The first-order valence-electron chi connectivity index (χ1n) is 11.2. The van der Waals surface area contributed by atoms with E-state index in [4.69, 9.17) is 4.52 Å². The highest BCUT2D eigenvalue weighted by atomic mass is 16.5. The molecule has 0 atom stereocenters. The third-order valence-electron chi connectivity index (χ3n) is 5.87. The van der Waals surface area contributed by atoms with E-state index < -0.39 is 0 Å². The lowest BCUT2D eigenvalue weighted by Gasteiger charge is -2.26. The van der Waals surface area contributed by atoms with Crippen molar-refractivity contribution in [1.82, 2.24) is 5.16 Å². The second-order valence-corrected chi connectivity index (χ2v) is 8.31. The van der Waals surface area contributed by atoms with Crippen molar-refractivity contribution >= 4 is 23.3 Å². The van der Waals surface area contributed by atoms with E-state index in [1.54, 1.807) is 0 Å². The molecule has 5 rings (SSSR count). The van der Waals surface area contributed by atoms with E-state index in [-0.39, 0.29) is 0 Å². The standard InChI is InChI=1S/C30H24N2O2/c1-21-8-14-25(15-9-21)32(26-16-10-22(2)11-17-26)27-18-12-23(13-19-27)29-28(20-33)30(34-31-29)24-6-4-3-5-7-24/h3-20H,1-2H3. The molecule has 4 heteroatoms. The van der Waals surface area contributed by atoms with Gasteiger partial charge in [-0.3, -0.25) is 4.79 Å². The van der Waals surface area contributed by atoms with Crippen LogP contribution in [0.5, 0.6) is 0 Å². The summed E-state index contributed by atoms with van der Waals surface area (Å²) in [6.45, 7) is 4.17. The molecular weight excluding hydrogens is 420 g/mol. The van der Waals surface area contributed by atoms with E-state index in [1.165, 1.54) is 11.1 Å². The maximum Gasteiger partial charge on any atom is 0.178 e. The Labute approximate surface area is 199 Å². The summed E-state index contributed by atoms with van der Waals surface area (Å²) < 4.78 is 5.57. The molecule has 0 spiro atoms. The molecular formula is C30H24N2O2. The number of anilines is 3. The fraction of sp³-hybridized carbons (Fsp3) is 0.0667. The lowest BCUT2D eigenvalue weighted by Crippen LogP contribution is -2.09. The molecule has 4 nitrogen and oxygen atoms in total. The molecule has 0 bridgehead atoms. The monoisotopic (exact) mass is 444 g/mol. The summed E-state index contributed by atoms with van der Waals surface area (Å²) in [4.78, 5) is 14.2. The molecule has 0 amide bonds. The largest absolute Gasteiger partial charge is 0.355 e. The SMILES string of the molecule is Cc1ccc(N(c2ccc(C)cc2)c2ccc(-c3noc(-c4ccccc4)c3C=O)cc2)cc1. The van der Waals surface area contributed by atoms with Crippen LogP contribution in [-0.2, 0) is 0 Å². The Morgan fingerprint density at radius 1 is 0.647 bits per heavy atom. The molecule has 0 N–H and O–H groups in total. The zero-order valence-electron chi connectivity index (χ0n) is 19.1. The van der Waals surface area contributed by atoms with Crippen molar-refractivity contribution in [1.29, 1.82) is 0 Å². The summed E-state index contributed by atoms with van der Waals surface area (Å²) >= 11 is 0. The number of nitrogens with zero attached hydrogens (tertiary/aromatic N) is 2. The first kappa shape index (κ1) is 21.4. The van der Waals surface area contributed by atoms with Crippen LogP contribution in [-0.4, -0.2) is 11.4 Å². The van der Waals surface area contributed by atoms with Crippen LogP contribution in [0.1, 0.15) is 21.5 Å². The summed E-state index contributed by atoms with van der Waals surface area (Å²) in [5.41, 5.74) is 8.22. The first-order chi connectivity index (χ1) is 16.6. The second kappa shape index (κ2) is 9.20. The minimum absolute atomic E-state index is 0.452. The highest BCUT2D eigenvalue weighted by Gasteiger charge is 2.19. The van der Waals surface area contributed by atoms with Crippen molar-refractivity contribution in [2.75, 3.05) is 4.90 Å². The number of hydrogen-bond donors (Lipinski definition) is 0. The lowest BCUT2D eigenvalue weighted by molar-refractivity contribution is 0.112. The van der Waals surface area contributed by atoms with Crippen LogP contribution in [0.25, 0.3) is 22.6 Å². The smallest absolute Gasteiger partial charge is 0.178 e. The average molecular weight is 445 g/mol. The summed E-state index contributed by atoms with van der Waals surface area (Å²) in [5, 5.41) is 4.22. The number of benzene rings is 4. The quantitative estimate of drug-likeness (QED) is 0.250. The van der Waals surface area contributed by atoms with E-state index in [0.29, 0.717) is 17.0 Å². The van der Waals surface area contributed by atoms with Crippen LogP contribution in [0.4, 0.5) is 17.1 Å². The first-order valence-corrected chi connectivity index (χ1v) is 11.2. The molecule has 0 aliphatic carbocycles. The second-order valence-electron chi connectivity index (χ2n) is 8.31. The molecule has 0 aliphatic rings. The zero-order valence-corrected chi connectivity index (χ0v) is 19.1. The highest BCUT2D eigenvalue weighted by molar-refractivity contribution is 5.93. The van der Waals surface area contributed by atoms with Gasteiger partial charge in [-0.25, -0.2) is 0 Å². The van der Waals surface area contributed by atoms with Gasteiger partial charge in [0.05, 0.1) is 5.56 Å². The van der Waals surface area contributed by atoms with E-state index in [1.807, 2.05) is 54.6 Å².